The van der Waals surface area contributed by atoms with Crippen LogP contribution in [-0.4, -0.2) is 28.9 Å². The van der Waals surface area contributed by atoms with Gasteiger partial charge in [-0.2, -0.15) is 0 Å². The van der Waals surface area contributed by atoms with E-state index in [0.29, 0.717) is 34.1 Å². The zero-order chi connectivity index (χ0) is 22.3. The van der Waals surface area contributed by atoms with Crippen LogP contribution in [0.15, 0.2) is 91.3 Å². The molecule has 4 aromatic rings. The molecule has 3 aromatic carbocycles. The lowest BCUT2D eigenvalue weighted by molar-refractivity contribution is 0.101. The average Bonchev–Trinajstić information content (AvgIpc) is 2.85. The van der Waals surface area contributed by atoms with Crippen molar-refractivity contribution in [1.82, 2.24) is 9.97 Å². The molecule has 1 aromatic heterocycles. The normalized spacial score (nSPS) is 10.3. The summed E-state index contributed by atoms with van der Waals surface area (Å²) in [5.41, 5.74) is 2.90. The highest BCUT2D eigenvalue weighted by molar-refractivity contribution is 6.06. The summed E-state index contributed by atoms with van der Waals surface area (Å²) < 4.78 is 5.11. The predicted octanol–water partition coefficient (Wildman–Crippen LogP) is 4.66. The van der Waals surface area contributed by atoms with Gasteiger partial charge >= 0.3 is 0 Å². The Morgan fingerprint density at radius 2 is 1.22 bits per heavy atom. The van der Waals surface area contributed by atoms with E-state index in [2.05, 4.69) is 20.6 Å². The summed E-state index contributed by atoms with van der Waals surface area (Å²) in [7, 11) is 1.58. The molecule has 0 aliphatic carbocycles. The summed E-state index contributed by atoms with van der Waals surface area (Å²) in [6, 6.07) is 23.2. The highest BCUT2D eigenvalue weighted by atomic mass is 16.5. The number of rotatable bonds is 6. The molecule has 0 bridgehead atoms. The van der Waals surface area contributed by atoms with Crippen molar-refractivity contribution >= 4 is 23.2 Å². The lowest BCUT2D eigenvalue weighted by atomic mass is 10.1. The second-order valence-electron chi connectivity index (χ2n) is 6.88. The van der Waals surface area contributed by atoms with Crippen molar-refractivity contribution in [2.45, 2.75) is 0 Å². The maximum absolute atomic E-state index is 12.5. The highest BCUT2D eigenvalue weighted by Crippen LogP contribution is 2.18. The first-order valence-electron chi connectivity index (χ1n) is 9.87. The predicted molar refractivity (Wildman–Crippen MR) is 123 cm³/mol. The number of amides is 2. The first kappa shape index (κ1) is 20.7. The zero-order valence-electron chi connectivity index (χ0n) is 17.3. The van der Waals surface area contributed by atoms with Gasteiger partial charge in [0.05, 0.1) is 12.7 Å². The van der Waals surface area contributed by atoms with Crippen LogP contribution in [0, 0.1) is 0 Å². The highest BCUT2D eigenvalue weighted by Gasteiger charge is 2.10. The van der Waals surface area contributed by atoms with E-state index in [-0.39, 0.29) is 11.8 Å². The van der Waals surface area contributed by atoms with Gasteiger partial charge in [0.1, 0.15) is 5.75 Å². The molecule has 0 aliphatic heterocycles. The molecular formula is C25H20N4O3. The summed E-state index contributed by atoms with van der Waals surface area (Å²) in [4.78, 5) is 33.5. The number of ether oxygens (including phenoxy) is 1. The maximum Gasteiger partial charge on any atom is 0.258 e. The Bertz CT molecular complexity index is 1210. The van der Waals surface area contributed by atoms with Crippen molar-refractivity contribution in [2.75, 3.05) is 17.7 Å². The van der Waals surface area contributed by atoms with E-state index < -0.39 is 0 Å². The van der Waals surface area contributed by atoms with E-state index in [1.807, 2.05) is 30.3 Å². The Kier molecular flexibility index (Phi) is 6.17. The van der Waals surface area contributed by atoms with Gasteiger partial charge in [0.25, 0.3) is 11.8 Å². The fraction of sp³-hybridized carbons (Fsp3) is 0.0400. The molecule has 1 heterocycles. The standard InChI is InChI=1S/C25H20N4O3/c1-32-22-13-11-21(12-14-22)28-24(30)18-7-9-20(10-8-18)29-25(31)19-15-26-23(27-16-19)17-5-3-2-4-6-17/h2-16H,1H3,(H,28,30)(H,29,31). The second-order valence-corrected chi connectivity index (χ2v) is 6.88. The summed E-state index contributed by atoms with van der Waals surface area (Å²) in [5, 5.41) is 5.60. The molecule has 32 heavy (non-hydrogen) atoms. The Hall–Kier alpha value is -4.52. The molecule has 7 nitrogen and oxygen atoms in total. The Labute approximate surface area is 185 Å². The smallest absolute Gasteiger partial charge is 0.258 e. The van der Waals surface area contributed by atoms with Crippen LogP contribution in [0.25, 0.3) is 11.4 Å². The van der Waals surface area contributed by atoms with Gasteiger partial charge in [-0.3, -0.25) is 9.59 Å². The number of hydrogen-bond donors (Lipinski definition) is 2. The maximum atomic E-state index is 12.5. The van der Waals surface area contributed by atoms with Crippen LogP contribution >= 0.6 is 0 Å². The number of aromatic nitrogens is 2. The molecule has 0 aliphatic rings. The van der Waals surface area contributed by atoms with Gasteiger partial charge in [0.15, 0.2) is 5.82 Å². The number of methoxy groups -OCH3 is 1. The molecule has 158 valence electrons. The quantitative estimate of drug-likeness (QED) is 0.470. The van der Waals surface area contributed by atoms with Crippen LogP contribution in [0.2, 0.25) is 0 Å². The van der Waals surface area contributed by atoms with E-state index in [0.717, 1.165) is 5.56 Å². The molecule has 0 atom stereocenters. The molecular weight excluding hydrogens is 404 g/mol. The molecule has 7 heteroatoms. The lowest BCUT2D eigenvalue weighted by Crippen LogP contribution is -2.14. The SMILES string of the molecule is COc1ccc(NC(=O)c2ccc(NC(=O)c3cnc(-c4ccccc4)nc3)cc2)cc1. The minimum Gasteiger partial charge on any atom is -0.497 e. The van der Waals surface area contributed by atoms with Crippen LogP contribution in [0.1, 0.15) is 20.7 Å². The minimum absolute atomic E-state index is 0.252. The second kappa shape index (κ2) is 9.53. The van der Waals surface area contributed by atoms with E-state index in [1.165, 1.54) is 12.4 Å². The first-order chi connectivity index (χ1) is 15.6. The molecule has 0 fully saturated rings. The van der Waals surface area contributed by atoms with Crippen LogP contribution in [0.4, 0.5) is 11.4 Å². The van der Waals surface area contributed by atoms with Crippen molar-refractivity contribution in [3.63, 3.8) is 0 Å². The monoisotopic (exact) mass is 424 g/mol. The number of nitrogens with one attached hydrogen (secondary N) is 2. The Morgan fingerprint density at radius 3 is 1.78 bits per heavy atom. The number of nitrogens with zero attached hydrogens (tertiary/aromatic N) is 2. The Balaban J connectivity index is 1.37. The summed E-state index contributed by atoms with van der Waals surface area (Å²) in [6.45, 7) is 0. The van der Waals surface area contributed by atoms with E-state index >= 15 is 0 Å². The van der Waals surface area contributed by atoms with Crippen molar-refractivity contribution in [3.05, 3.63) is 102 Å². The van der Waals surface area contributed by atoms with Gasteiger partial charge in [-0.25, -0.2) is 9.97 Å². The molecule has 0 radical (unpaired) electrons. The van der Waals surface area contributed by atoms with Gasteiger partial charge in [0, 0.05) is 34.9 Å². The topological polar surface area (TPSA) is 93.2 Å². The molecule has 2 N–H and O–H groups in total. The van der Waals surface area contributed by atoms with Gasteiger partial charge in [0.2, 0.25) is 0 Å². The molecule has 0 unspecified atom stereocenters. The van der Waals surface area contributed by atoms with Crippen LogP contribution in [0.3, 0.4) is 0 Å². The fourth-order valence-electron chi connectivity index (χ4n) is 2.97. The van der Waals surface area contributed by atoms with Gasteiger partial charge in [-0.05, 0) is 48.5 Å². The average molecular weight is 424 g/mol. The van der Waals surface area contributed by atoms with E-state index in [9.17, 15) is 9.59 Å². The number of carbonyl (C=O) groups excluding carboxylic acids is 2. The van der Waals surface area contributed by atoms with Gasteiger partial charge < -0.3 is 15.4 Å². The Morgan fingerprint density at radius 1 is 0.688 bits per heavy atom. The number of benzene rings is 3. The fourth-order valence-corrected chi connectivity index (χ4v) is 2.97. The number of hydrogen-bond acceptors (Lipinski definition) is 5. The third-order valence-electron chi connectivity index (χ3n) is 4.70. The third-order valence-corrected chi connectivity index (χ3v) is 4.70. The molecule has 0 saturated carbocycles. The molecule has 4 rings (SSSR count). The van der Waals surface area contributed by atoms with Gasteiger partial charge in [-0.1, -0.05) is 30.3 Å². The van der Waals surface area contributed by atoms with Crippen molar-refractivity contribution in [1.29, 1.82) is 0 Å². The third kappa shape index (κ3) is 4.96. The van der Waals surface area contributed by atoms with E-state index in [1.54, 1.807) is 55.6 Å². The van der Waals surface area contributed by atoms with Crippen molar-refractivity contribution in [3.8, 4) is 17.1 Å². The lowest BCUT2D eigenvalue weighted by Gasteiger charge is -2.08. The largest absolute Gasteiger partial charge is 0.497 e. The molecule has 0 spiro atoms. The minimum atomic E-state index is -0.333. The van der Waals surface area contributed by atoms with Crippen LogP contribution in [0.5, 0.6) is 5.75 Å². The van der Waals surface area contributed by atoms with Crippen LogP contribution in [-0.2, 0) is 0 Å². The van der Waals surface area contributed by atoms with E-state index in [4.69, 9.17) is 4.74 Å². The number of carbonyl (C=O) groups is 2. The molecule has 0 saturated heterocycles. The van der Waals surface area contributed by atoms with Gasteiger partial charge in [-0.15, -0.1) is 0 Å². The summed E-state index contributed by atoms with van der Waals surface area (Å²) >= 11 is 0. The summed E-state index contributed by atoms with van der Waals surface area (Å²) in [6.07, 6.45) is 2.97. The van der Waals surface area contributed by atoms with Crippen molar-refractivity contribution in [2.24, 2.45) is 0 Å². The molecule has 2 amide bonds. The summed E-state index contributed by atoms with van der Waals surface area (Å²) in [5.74, 6) is 0.676. The van der Waals surface area contributed by atoms with Crippen LogP contribution < -0.4 is 15.4 Å². The zero-order valence-corrected chi connectivity index (χ0v) is 17.3. The first-order valence-corrected chi connectivity index (χ1v) is 9.87. The number of anilines is 2. The van der Waals surface area contributed by atoms with Crippen molar-refractivity contribution < 1.29 is 14.3 Å².